The lowest BCUT2D eigenvalue weighted by Crippen LogP contribution is -2.41. The number of nitrogens with zero attached hydrogens (tertiary/aromatic N) is 2. The fraction of sp³-hybridized carbons (Fsp3) is 0.350. The number of likely N-dealkylation sites (N-methyl/N-ethyl adjacent to an activating group) is 1. The Kier molecular flexibility index (Phi) is 3.33. The van der Waals surface area contributed by atoms with Crippen LogP contribution in [-0.4, -0.2) is 47.2 Å². The van der Waals surface area contributed by atoms with Gasteiger partial charge in [0.15, 0.2) is 0 Å². The van der Waals surface area contributed by atoms with Crippen molar-refractivity contribution in [3.05, 3.63) is 48.2 Å². The van der Waals surface area contributed by atoms with Crippen molar-refractivity contribution in [3.8, 4) is 11.1 Å². The van der Waals surface area contributed by atoms with Crippen LogP contribution in [0.1, 0.15) is 5.69 Å². The van der Waals surface area contributed by atoms with Crippen molar-refractivity contribution in [1.82, 2.24) is 10.1 Å². The molecule has 3 aliphatic rings. The Morgan fingerprint density at radius 3 is 2.89 bits per heavy atom. The van der Waals surface area contributed by atoms with Gasteiger partial charge in [0, 0.05) is 7.05 Å². The van der Waals surface area contributed by atoms with E-state index in [4.69, 9.17) is 9.26 Å². The monoisotopic (exact) mass is 365 g/mol. The van der Waals surface area contributed by atoms with Gasteiger partial charge in [-0.25, -0.2) is 0 Å². The number of amides is 2. The van der Waals surface area contributed by atoms with Gasteiger partial charge >= 0.3 is 0 Å². The summed E-state index contributed by atoms with van der Waals surface area (Å²) in [7, 11) is 1.74. The van der Waals surface area contributed by atoms with Crippen LogP contribution in [0.4, 0.5) is 5.88 Å². The molecule has 5 rings (SSSR count). The molecule has 2 bridgehead atoms. The molecule has 3 aliphatic heterocycles. The minimum absolute atomic E-state index is 0.0565. The van der Waals surface area contributed by atoms with Crippen molar-refractivity contribution in [1.29, 1.82) is 0 Å². The zero-order chi connectivity index (χ0) is 18.8. The van der Waals surface area contributed by atoms with Crippen LogP contribution in [0.25, 0.3) is 11.1 Å². The molecule has 0 unspecified atom stereocenters. The molecule has 2 aromatic rings. The molecule has 1 N–H and O–H groups in total. The average Bonchev–Trinajstić information content (AvgIpc) is 3.37. The molecule has 4 atom stereocenters. The number of carbonyl (C=O) groups excluding carboxylic acids is 2. The number of carbonyl (C=O) groups is 2. The smallest absolute Gasteiger partial charge is 0.239 e. The fourth-order valence-electron chi connectivity index (χ4n) is 4.59. The van der Waals surface area contributed by atoms with E-state index in [0.29, 0.717) is 18.1 Å². The summed E-state index contributed by atoms with van der Waals surface area (Å²) in [4.78, 5) is 27.4. The summed E-state index contributed by atoms with van der Waals surface area (Å²) in [6, 6.07) is 9.62. The van der Waals surface area contributed by atoms with Gasteiger partial charge in [-0.2, -0.15) is 0 Å². The molecule has 0 saturated carbocycles. The first-order valence-corrected chi connectivity index (χ1v) is 8.95. The molecule has 0 aliphatic carbocycles. The van der Waals surface area contributed by atoms with E-state index in [-0.39, 0.29) is 11.8 Å². The maximum atomic E-state index is 13.1. The largest absolute Gasteiger partial charge is 0.360 e. The van der Waals surface area contributed by atoms with Gasteiger partial charge in [0.2, 0.25) is 17.7 Å². The third-order valence-corrected chi connectivity index (χ3v) is 5.75. The van der Waals surface area contributed by atoms with E-state index in [9.17, 15) is 9.59 Å². The topological polar surface area (TPSA) is 84.7 Å². The highest BCUT2D eigenvalue weighted by atomic mass is 16.5. The Morgan fingerprint density at radius 1 is 1.33 bits per heavy atom. The maximum absolute atomic E-state index is 13.1. The van der Waals surface area contributed by atoms with Gasteiger partial charge in [-0.3, -0.25) is 14.9 Å². The van der Waals surface area contributed by atoms with Crippen LogP contribution in [0.2, 0.25) is 0 Å². The molecule has 0 radical (unpaired) electrons. The van der Waals surface area contributed by atoms with E-state index < -0.39 is 23.5 Å². The number of fused-ring (bicyclic) bond motifs is 1. The third-order valence-electron chi connectivity index (χ3n) is 5.75. The molecule has 2 amide bonds. The maximum Gasteiger partial charge on any atom is 0.239 e. The van der Waals surface area contributed by atoms with E-state index >= 15 is 0 Å². The lowest BCUT2D eigenvalue weighted by atomic mass is 9.77. The van der Waals surface area contributed by atoms with Gasteiger partial charge in [0.1, 0.15) is 5.60 Å². The van der Waals surface area contributed by atoms with Gasteiger partial charge in [0.25, 0.3) is 0 Å². The van der Waals surface area contributed by atoms with E-state index in [1.54, 1.807) is 11.9 Å². The predicted octanol–water partition coefficient (Wildman–Crippen LogP) is 2.00. The molecule has 2 fully saturated rings. The van der Waals surface area contributed by atoms with Crippen molar-refractivity contribution in [3.63, 3.8) is 0 Å². The van der Waals surface area contributed by atoms with Gasteiger partial charge < -0.3 is 14.2 Å². The molecule has 7 heteroatoms. The third kappa shape index (κ3) is 2.21. The Balaban J connectivity index is 1.46. The minimum Gasteiger partial charge on any atom is -0.360 e. The van der Waals surface area contributed by atoms with Crippen molar-refractivity contribution in [2.24, 2.45) is 11.8 Å². The number of ether oxygens (including phenoxy) is 1. The molecule has 2 saturated heterocycles. The van der Waals surface area contributed by atoms with Gasteiger partial charge in [-0.15, -0.1) is 0 Å². The average molecular weight is 365 g/mol. The highest BCUT2D eigenvalue weighted by Crippen LogP contribution is 2.51. The summed E-state index contributed by atoms with van der Waals surface area (Å²) < 4.78 is 11.4. The predicted molar refractivity (Wildman–Crippen MR) is 96.7 cm³/mol. The molecular weight excluding hydrogens is 346 g/mol. The summed E-state index contributed by atoms with van der Waals surface area (Å²) in [6.07, 6.45) is 3.43. The van der Waals surface area contributed by atoms with Gasteiger partial charge in [0.05, 0.1) is 35.7 Å². The van der Waals surface area contributed by atoms with E-state index in [2.05, 4.69) is 10.5 Å². The molecule has 138 valence electrons. The Hall–Kier alpha value is -2.93. The summed E-state index contributed by atoms with van der Waals surface area (Å²) in [6.45, 7) is 2.30. The second-order valence-electron chi connectivity index (χ2n) is 7.42. The van der Waals surface area contributed by atoms with Crippen molar-refractivity contribution >= 4 is 17.7 Å². The second kappa shape index (κ2) is 5.53. The first-order valence-electron chi connectivity index (χ1n) is 8.95. The van der Waals surface area contributed by atoms with Crippen LogP contribution in [0, 0.1) is 18.8 Å². The van der Waals surface area contributed by atoms with E-state index in [0.717, 1.165) is 11.1 Å². The molecule has 1 aromatic heterocycles. The Labute approximate surface area is 156 Å². The summed E-state index contributed by atoms with van der Waals surface area (Å²) in [5.41, 5.74) is 1.66. The van der Waals surface area contributed by atoms with Crippen LogP contribution in [0.15, 0.2) is 47.0 Å². The van der Waals surface area contributed by atoms with Crippen LogP contribution in [0.3, 0.4) is 0 Å². The Morgan fingerprint density at radius 2 is 2.11 bits per heavy atom. The number of aryl methyl sites for hydroxylation is 1. The van der Waals surface area contributed by atoms with Crippen molar-refractivity contribution in [2.45, 2.75) is 18.6 Å². The van der Waals surface area contributed by atoms with Gasteiger partial charge in [-0.1, -0.05) is 47.6 Å². The lowest BCUT2D eigenvalue weighted by Gasteiger charge is -2.23. The van der Waals surface area contributed by atoms with Gasteiger partial charge in [-0.05, 0) is 12.5 Å². The highest BCUT2D eigenvalue weighted by Gasteiger charge is 2.66. The number of likely N-dealkylation sites (tertiary alicyclic amines) is 1. The van der Waals surface area contributed by atoms with E-state index in [1.165, 1.54) is 0 Å². The second-order valence-corrected chi connectivity index (χ2v) is 7.42. The first kappa shape index (κ1) is 16.3. The summed E-state index contributed by atoms with van der Waals surface area (Å²) in [5, 5.41) is 6.85. The number of benzene rings is 1. The van der Waals surface area contributed by atoms with Crippen LogP contribution in [-0.2, 0) is 14.3 Å². The zero-order valence-electron chi connectivity index (χ0n) is 15.0. The normalized spacial score (nSPS) is 30.8. The Bertz CT molecular complexity index is 967. The zero-order valence-corrected chi connectivity index (χ0v) is 15.0. The summed E-state index contributed by atoms with van der Waals surface area (Å²) >= 11 is 0. The number of rotatable bonds is 3. The lowest BCUT2D eigenvalue weighted by molar-refractivity contribution is -0.135. The quantitative estimate of drug-likeness (QED) is 0.841. The van der Waals surface area contributed by atoms with Crippen LogP contribution in [0.5, 0.6) is 0 Å². The number of hydrogen-bond donors (Lipinski definition) is 1. The molecular formula is C20H19N3O4. The first-order chi connectivity index (χ1) is 13.0. The van der Waals surface area contributed by atoms with E-state index in [1.807, 2.05) is 49.4 Å². The summed E-state index contributed by atoms with van der Waals surface area (Å²) in [5.74, 6) is -1.13. The van der Waals surface area contributed by atoms with Crippen LogP contribution < -0.4 is 5.32 Å². The van der Waals surface area contributed by atoms with Crippen LogP contribution >= 0.6 is 0 Å². The molecule has 1 aromatic carbocycles. The highest BCUT2D eigenvalue weighted by molar-refractivity contribution is 6.00. The number of aromatic nitrogens is 1. The van der Waals surface area contributed by atoms with Crippen molar-refractivity contribution in [2.75, 3.05) is 18.9 Å². The number of nitrogens with one attached hydrogen (secondary N) is 1. The fourth-order valence-corrected chi connectivity index (χ4v) is 4.59. The van der Waals surface area contributed by atoms with Crippen molar-refractivity contribution < 1.29 is 18.8 Å². The molecule has 7 nitrogen and oxygen atoms in total. The standard InChI is InChI=1S/C20H19N3O4/c1-11-14(12-6-4-3-5-7-12)18(27-22-11)21-17(24)15-13-8-9-20(26-13)10-23(2)19(25)16(15)20/h3-9,13,15-16H,10H2,1-2H3,(H,21,24)/t13-,15-,16+,20-/m0/s1. The minimum atomic E-state index is -0.682. The molecule has 1 spiro atoms. The number of anilines is 1. The molecule has 4 heterocycles. The SMILES string of the molecule is Cc1noc(NC(=O)[C@H]2[C@@H]3C=C[C@@]4(CN(C)C(=O)[C@@H]24)O3)c1-c1ccccc1. The number of hydrogen-bond acceptors (Lipinski definition) is 5. The molecule has 27 heavy (non-hydrogen) atoms.